The van der Waals surface area contributed by atoms with Gasteiger partial charge in [0.15, 0.2) is 6.10 Å². The van der Waals surface area contributed by atoms with Crippen LogP contribution < -0.4 is 0 Å². The Morgan fingerprint density at radius 3 is 2.48 bits per heavy atom. The molecule has 0 saturated carbocycles. The molecule has 1 heterocycles. The van der Waals surface area contributed by atoms with Gasteiger partial charge in [0.25, 0.3) is 0 Å². The number of hydrogen-bond acceptors (Lipinski definition) is 4. The minimum absolute atomic E-state index is 0.0428. The molecule has 0 bridgehead atoms. The quantitative estimate of drug-likeness (QED) is 0.248. The van der Waals surface area contributed by atoms with Crippen molar-refractivity contribution in [2.75, 3.05) is 0 Å². The Labute approximate surface area is 153 Å². The van der Waals surface area contributed by atoms with Gasteiger partial charge in [0.1, 0.15) is 5.78 Å². The summed E-state index contributed by atoms with van der Waals surface area (Å²) in [6.07, 6.45) is 15.4. The third-order valence-electron chi connectivity index (χ3n) is 4.75. The van der Waals surface area contributed by atoms with Gasteiger partial charge in [-0.2, -0.15) is 0 Å². The SMILES string of the molecule is CCCCC(C=CCCCC(=O)CCCC(C)O)CCCC1OC1=O. The van der Waals surface area contributed by atoms with E-state index < -0.39 is 0 Å². The molecular weight excluding hydrogens is 316 g/mol. The van der Waals surface area contributed by atoms with Crippen LogP contribution in [0.5, 0.6) is 0 Å². The number of ketones is 1. The Morgan fingerprint density at radius 2 is 1.84 bits per heavy atom. The normalized spacial score (nSPS) is 19.0. The average Bonchev–Trinajstić information content (AvgIpc) is 3.26. The van der Waals surface area contributed by atoms with E-state index in [9.17, 15) is 14.7 Å². The molecule has 3 atom stereocenters. The highest BCUT2D eigenvalue weighted by Crippen LogP contribution is 2.23. The lowest BCUT2D eigenvalue weighted by molar-refractivity contribution is -0.119. The minimum Gasteiger partial charge on any atom is -0.448 e. The summed E-state index contributed by atoms with van der Waals surface area (Å²) < 4.78 is 4.85. The lowest BCUT2D eigenvalue weighted by atomic mass is 9.94. The summed E-state index contributed by atoms with van der Waals surface area (Å²) in [4.78, 5) is 22.6. The zero-order valence-corrected chi connectivity index (χ0v) is 16.0. The van der Waals surface area contributed by atoms with Gasteiger partial charge < -0.3 is 9.84 Å². The first-order chi connectivity index (χ1) is 12.0. The summed E-state index contributed by atoms with van der Waals surface area (Å²) >= 11 is 0. The van der Waals surface area contributed by atoms with Gasteiger partial charge in [0.2, 0.25) is 0 Å². The highest BCUT2D eigenvalue weighted by Gasteiger charge is 2.36. The van der Waals surface area contributed by atoms with Gasteiger partial charge in [-0.05, 0) is 64.2 Å². The summed E-state index contributed by atoms with van der Waals surface area (Å²) in [5.41, 5.74) is 0. The summed E-state index contributed by atoms with van der Waals surface area (Å²) in [5.74, 6) is 0.847. The number of unbranched alkanes of at least 4 members (excludes halogenated alkanes) is 2. The van der Waals surface area contributed by atoms with Crippen LogP contribution in [0, 0.1) is 5.92 Å². The molecule has 1 aliphatic heterocycles. The van der Waals surface area contributed by atoms with Crippen LogP contribution in [-0.2, 0) is 14.3 Å². The van der Waals surface area contributed by atoms with Crippen molar-refractivity contribution in [3.8, 4) is 0 Å². The van der Waals surface area contributed by atoms with E-state index in [1.165, 1.54) is 19.3 Å². The number of carbonyl (C=O) groups is 2. The van der Waals surface area contributed by atoms with E-state index in [-0.39, 0.29) is 18.2 Å². The maximum Gasteiger partial charge on any atom is 0.348 e. The molecule has 4 heteroatoms. The van der Waals surface area contributed by atoms with Gasteiger partial charge in [-0.3, -0.25) is 4.79 Å². The standard InChI is InChI=1S/C21H36O4/c1-3-4-11-18(13-9-16-20-21(24)25-20)12-6-5-7-14-19(23)15-8-10-17(2)22/h6,12,17-18,20,22H,3-5,7-11,13-16H2,1-2H3. The average molecular weight is 353 g/mol. The van der Waals surface area contributed by atoms with Crippen LogP contribution in [0.3, 0.4) is 0 Å². The number of aliphatic hydroxyl groups is 1. The molecule has 1 aliphatic rings. The van der Waals surface area contributed by atoms with E-state index in [4.69, 9.17) is 4.74 Å². The summed E-state index contributed by atoms with van der Waals surface area (Å²) in [6.45, 7) is 3.97. The Balaban J connectivity index is 2.12. The first-order valence-corrected chi connectivity index (χ1v) is 10.1. The van der Waals surface area contributed by atoms with Gasteiger partial charge >= 0.3 is 5.97 Å². The van der Waals surface area contributed by atoms with Crippen LogP contribution in [-0.4, -0.2) is 29.1 Å². The highest BCUT2D eigenvalue weighted by atomic mass is 16.6. The number of Topliss-reactive ketones (excluding diaryl/α,β-unsaturated/α-hetero) is 1. The molecule has 0 aliphatic carbocycles. The molecule has 1 N–H and O–H groups in total. The van der Waals surface area contributed by atoms with E-state index in [1.807, 2.05) is 0 Å². The fourth-order valence-corrected chi connectivity index (χ4v) is 3.08. The van der Waals surface area contributed by atoms with Gasteiger partial charge in [0, 0.05) is 12.8 Å². The monoisotopic (exact) mass is 352 g/mol. The second-order valence-electron chi connectivity index (χ2n) is 7.36. The fourth-order valence-electron chi connectivity index (χ4n) is 3.08. The van der Waals surface area contributed by atoms with Crippen molar-refractivity contribution in [3.05, 3.63) is 12.2 Å². The molecule has 1 saturated heterocycles. The minimum atomic E-state index is -0.305. The Hall–Kier alpha value is -1.16. The molecule has 0 spiro atoms. The molecule has 1 fully saturated rings. The number of carbonyl (C=O) groups excluding carboxylic acids is 2. The Kier molecular flexibility index (Phi) is 11.5. The molecule has 4 nitrogen and oxygen atoms in total. The van der Waals surface area contributed by atoms with Crippen LogP contribution in [0.15, 0.2) is 12.2 Å². The molecule has 0 amide bonds. The predicted molar refractivity (Wildman–Crippen MR) is 100 cm³/mol. The van der Waals surface area contributed by atoms with Crippen LogP contribution >= 0.6 is 0 Å². The number of ether oxygens (including phenoxy) is 1. The van der Waals surface area contributed by atoms with E-state index in [0.717, 1.165) is 38.5 Å². The summed E-state index contributed by atoms with van der Waals surface area (Å²) in [5, 5.41) is 9.19. The number of epoxide rings is 1. The lowest BCUT2D eigenvalue weighted by Crippen LogP contribution is -2.03. The third-order valence-corrected chi connectivity index (χ3v) is 4.75. The molecule has 3 unspecified atom stereocenters. The van der Waals surface area contributed by atoms with Crippen molar-refractivity contribution >= 4 is 11.8 Å². The van der Waals surface area contributed by atoms with Crippen molar-refractivity contribution in [1.29, 1.82) is 0 Å². The van der Waals surface area contributed by atoms with Gasteiger partial charge in [-0.15, -0.1) is 0 Å². The second kappa shape index (κ2) is 13.1. The molecule has 0 aromatic carbocycles. The predicted octanol–water partition coefficient (Wildman–Crippen LogP) is 4.74. The zero-order chi connectivity index (χ0) is 18.5. The number of rotatable bonds is 16. The zero-order valence-electron chi connectivity index (χ0n) is 16.0. The molecule has 144 valence electrons. The maximum absolute atomic E-state index is 11.8. The fraction of sp³-hybridized carbons (Fsp3) is 0.810. The molecule has 0 radical (unpaired) electrons. The van der Waals surface area contributed by atoms with Crippen molar-refractivity contribution in [2.45, 2.75) is 103 Å². The van der Waals surface area contributed by atoms with Gasteiger partial charge in [-0.1, -0.05) is 31.9 Å². The molecular formula is C21H36O4. The molecule has 0 aromatic rings. The van der Waals surface area contributed by atoms with E-state index in [1.54, 1.807) is 6.92 Å². The maximum atomic E-state index is 11.8. The van der Waals surface area contributed by atoms with Gasteiger partial charge in [-0.25, -0.2) is 4.79 Å². The third kappa shape index (κ3) is 11.9. The van der Waals surface area contributed by atoms with Crippen molar-refractivity contribution in [1.82, 2.24) is 0 Å². The highest BCUT2D eigenvalue weighted by molar-refractivity contribution is 5.87. The van der Waals surface area contributed by atoms with Crippen molar-refractivity contribution < 1.29 is 19.4 Å². The first-order valence-electron chi connectivity index (χ1n) is 10.1. The van der Waals surface area contributed by atoms with E-state index in [0.29, 0.717) is 31.0 Å². The smallest absolute Gasteiger partial charge is 0.348 e. The Morgan fingerprint density at radius 1 is 1.16 bits per heavy atom. The first kappa shape index (κ1) is 21.9. The largest absolute Gasteiger partial charge is 0.448 e. The second-order valence-corrected chi connectivity index (χ2v) is 7.36. The van der Waals surface area contributed by atoms with Crippen LogP contribution in [0.2, 0.25) is 0 Å². The van der Waals surface area contributed by atoms with Crippen LogP contribution in [0.4, 0.5) is 0 Å². The molecule has 25 heavy (non-hydrogen) atoms. The van der Waals surface area contributed by atoms with E-state index >= 15 is 0 Å². The number of aliphatic hydroxyl groups excluding tert-OH is 1. The Bertz CT molecular complexity index is 414. The number of cyclic esters (lactones) is 1. The van der Waals surface area contributed by atoms with Crippen LogP contribution in [0.1, 0.15) is 90.9 Å². The lowest BCUT2D eigenvalue weighted by Gasteiger charge is -2.11. The summed E-state index contributed by atoms with van der Waals surface area (Å²) in [6, 6.07) is 0. The number of hydrogen-bond donors (Lipinski definition) is 1. The molecule has 0 aromatic heterocycles. The summed E-state index contributed by atoms with van der Waals surface area (Å²) in [7, 11) is 0. The van der Waals surface area contributed by atoms with Crippen molar-refractivity contribution in [2.24, 2.45) is 5.92 Å². The van der Waals surface area contributed by atoms with E-state index in [2.05, 4.69) is 19.1 Å². The number of allylic oxidation sites excluding steroid dienone is 2. The topological polar surface area (TPSA) is 66.9 Å². The molecule has 1 rings (SSSR count). The van der Waals surface area contributed by atoms with Gasteiger partial charge in [0.05, 0.1) is 6.10 Å². The van der Waals surface area contributed by atoms with Crippen LogP contribution in [0.25, 0.3) is 0 Å². The van der Waals surface area contributed by atoms with Crippen molar-refractivity contribution in [3.63, 3.8) is 0 Å².